The van der Waals surface area contributed by atoms with Crippen LogP contribution < -0.4 is 0 Å². The van der Waals surface area contributed by atoms with E-state index in [1.807, 2.05) is 11.3 Å². The van der Waals surface area contributed by atoms with Gasteiger partial charge in [-0.05, 0) is 43.0 Å². The lowest BCUT2D eigenvalue weighted by Gasteiger charge is -1.98. The number of aromatic nitrogens is 1. The lowest BCUT2D eigenvalue weighted by molar-refractivity contribution is 1.47. The maximum atomic E-state index is 3.55. The summed E-state index contributed by atoms with van der Waals surface area (Å²) in [4.78, 5) is 4.93. The monoisotopic (exact) mass is 251 g/mol. The molecule has 4 aromatic rings. The van der Waals surface area contributed by atoms with Crippen molar-refractivity contribution in [1.29, 1.82) is 0 Å². The molecule has 2 aromatic heterocycles. The topological polar surface area (TPSA) is 15.8 Å². The van der Waals surface area contributed by atoms with Gasteiger partial charge in [-0.25, -0.2) is 0 Å². The summed E-state index contributed by atoms with van der Waals surface area (Å²) in [5.41, 5.74) is 3.84. The van der Waals surface area contributed by atoms with Crippen molar-refractivity contribution in [3.05, 3.63) is 46.8 Å². The van der Waals surface area contributed by atoms with E-state index in [4.69, 9.17) is 0 Å². The molecule has 0 spiro atoms. The summed E-state index contributed by atoms with van der Waals surface area (Å²) in [5.74, 6) is 0. The lowest BCUT2D eigenvalue weighted by atomic mass is 10.1. The Hall–Kier alpha value is -1.80. The van der Waals surface area contributed by atoms with E-state index >= 15 is 0 Å². The van der Waals surface area contributed by atoms with Crippen LogP contribution in [0.1, 0.15) is 10.4 Å². The second-order valence-electron chi connectivity index (χ2n) is 4.89. The van der Waals surface area contributed by atoms with Crippen LogP contribution in [0.5, 0.6) is 0 Å². The van der Waals surface area contributed by atoms with Gasteiger partial charge in [0.15, 0.2) is 0 Å². The largest absolute Gasteiger partial charge is 0.354 e. The fraction of sp³-hybridized carbons (Fsp3) is 0.125. The molecule has 0 aliphatic carbocycles. The molecule has 0 aliphatic rings. The first-order valence-corrected chi connectivity index (χ1v) is 6.96. The molecular formula is C16H13NS. The fourth-order valence-electron chi connectivity index (χ4n) is 2.82. The highest BCUT2D eigenvalue weighted by molar-refractivity contribution is 7.20. The molecule has 0 aliphatic heterocycles. The van der Waals surface area contributed by atoms with Gasteiger partial charge in [-0.15, -0.1) is 11.3 Å². The third-order valence-electron chi connectivity index (χ3n) is 3.58. The second kappa shape index (κ2) is 3.36. The average molecular weight is 251 g/mol. The first kappa shape index (κ1) is 10.2. The number of rotatable bonds is 0. The number of hydrogen-bond acceptors (Lipinski definition) is 1. The third kappa shape index (κ3) is 1.21. The first-order valence-electron chi connectivity index (χ1n) is 6.14. The summed E-state index contributed by atoms with van der Waals surface area (Å²) in [7, 11) is 0. The van der Waals surface area contributed by atoms with Crippen molar-refractivity contribution in [1.82, 2.24) is 4.98 Å². The average Bonchev–Trinajstić information content (AvgIpc) is 2.89. The number of aryl methyl sites for hydroxylation is 2. The summed E-state index contributed by atoms with van der Waals surface area (Å²) in [6.45, 7) is 4.37. The SMILES string of the molecule is Cc1cc2cc(C)c3[nH]c4ccccc4c3c2s1. The molecule has 0 radical (unpaired) electrons. The van der Waals surface area contributed by atoms with Crippen molar-refractivity contribution in [3.63, 3.8) is 0 Å². The van der Waals surface area contributed by atoms with Crippen LogP contribution in [-0.4, -0.2) is 4.98 Å². The van der Waals surface area contributed by atoms with Crippen molar-refractivity contribution in [2.75, 3.05) is 0 Å². The van der Waals surface area contributed by atoms with Gasteiger partial charge in [0.25, 0.3) is 0 Å². The molecule has 2 aromatic carbocycles. The molecule has 0 saturated carbocycles. The molecule has 88 valence electrons. The van der Waals surface area contributed by atoms with Crippen LogP contribution in [-0.2, 0) is 0 Å². The van der Waals surface area contributed by atoms with Gasteiger partial charge in [0.05, 0.1) is 5.52 Å². The van der Waals surface area contributed by atoms with Crippen LogP contribution in [0.15, 0.2) is 36.4 Å². The molecule has 0 fully saturated rings. The van der Waals surface area contributed by atoms with E-state index < -0.39 is 0 Å². The van der Waals surface area contributed by atoms with Gasteiger partial charge in [-0.1, -0.05) is 18.2 Å². The zero-order valence-corrected chi connectivity index (χ0v) is 11.2. The molecule has 1 nitrogen and oxygen atoms in total. The van der Waals surface area contributed by atoms with Crippen LogP contribution in [0, 0.1) is 13.8 Å². The molecule has 4 rings (SSSR count). The van der Waals surface area contributed by atoms with E-state index in [1.54, 1.807) is 0 Å². The predicted molar refractivity (Wildman–Crippen MR) is 80.7 cm³/mol. The Morgan fingerprint density at radius 1 is 1.06 bits per heavy atom. The minimum atomic E-state index is 1.23. The highest BCUT2D eigenvalue weighted by Crippen LogP contribution is 2.38. The zero-order chi connectivity index (χ0) is 12.3. The fourth-order valence-corrected chi connectivity index (χ4v) is 3.87. The number of para-hydroxylation sites is 1. The van der Waals surface area contributed by atoms with Crippen molar-refractivity contribution < 1.29 is 0 Å². The minimum absolute atomic E-state index is 1.23. The van der Waals surface area contributed by atoms with Gasteiger partial charge in [0.2, 0.25) is 0 Å². The van der Waals surface area contributed by atoms with Crippen molar-refractivity contribution >= 4 is 43.2 Å². The zero-order valence-electron chi connectivity index (χ0n) is 10.4. The van der Waals surface area contributed by atoms with Crippen molar-refractivity contribution in [3.8, 4) is 0 Å². The van der Waals surface area contributed by atoms with E-state index in [2.05, 4.69) is 55.2 Å². The Morgan fingerprint density at radius 3 is 2.78 bits per heavy atom. The standard InChI is InChI=1S/C16H13NS/c1-9-7-11-8-10(2)18-16(11)14-12-5-3-4-6-13(12)17-15(9)14/h3-8,17H,1-2H3. The van der Waals surface area contributed by atoms with Gasteiger partial charge in [0, 0.05) is 25.9 Å². The van der Waals surface area contributed by atoms with E-state index in [0.29, 0.717) is 0 Å². The van der Waals surface area contributed by atoms with E-state index in [0.717, 1.165) is 0 Å². The quantitative estimate of drug-likeness (QED) is 0.444. The van der Waals surface area contributed by atoms with Gasteiger partial charge in [-0.2, -0.15) is 0 Å². The number of benzene rings is 2. The molecule has 0 unspecified atom stereocenters. The molecular weight excluding hydrogens is 238 g/mol. The van der Waals surface area contributed by atoms with Crippen LogP contribution >= 0.6 is 11.3 Å². The molecule has 1 N–H and O–H groups in total. The molecule has 18 heavy (non-hydrogen) atoms. The Bertz CT molecular complexity index is 896. The molecule has 0 bridgehead atoms. The highest BCUT2D eigenvalue weighted by Gasteiger charge is 2.11. The van der Waals surface area contributed by atoms with Crippen LogP contribution in [0.2, 0.25) is 0 Å². The number of hydrogen-bond donors (Lipinski definition) is 1. The highest BCUT2D eigenvalue weighted by atomic mass is 32.1. The molecule has 0 amide bonds. The smallest absolute Gasteiger partial charge is 0.0509 e. The lowest BCUT2D eigenvalue weighted by Crippen LogP contribution is -1.76. The molecule has 2 heterocycles. The molecule has 0 saturated heterocycles. The Morgan fingerprint density at radius 2 is 1.89 bits per heavy atom. The Kier molecular flexibility index (Phi) is 1.90. The van der Waals surface area contributed by atoms with E-state index in [-0.39, 0.29) is 0 Å². The number of nitrogens with one attached hydrogen (secondary N) is 1. The molecule has 2 heteroatoms. The van der Waals surface area contributed by atoms with Crippen LogP contribution in [0.3, 0.4) is 0 Å². The molecule has 0 atom stereocenters. The Labute approximate surface area is 109 Å². The maximum absolute atomic E-state index is 3.55. The summed E-state index contributed by atoms with van der Waals surface area (Å²) in [6.07, 6.45) is 0. The number of fused-ring (bicyclic) bond motifs is 5. The van der Waals surface area contributed by atoms with Crippen LogP contribution in [0.4, 0.5) is 0 Å². The third-order valence-corrected chi connectivity index (χ3v) is 4.67. The predicted octanol–water partition coefficient (Wildman–Crippen LogP) is 5.15. The van der Waals surface area contributed by atoms with Gasteiger partial charge in [-0.3, -0.25) is 0 Å². The minimum Gasteiger partial charge on any atom is -0.354 e. The van der Waals surface area contributed by atoms with Crippen molar-refractivity contribution in [2.45, 2.75) is 13.8 Å². The Balaban J connectivity index is 2.40. The van der Waals surface area contributed by atoms with Gasteiger partial charge < -0.3 is 4.98 Å². The summed E-state index contributed by atoms with van der Waals surface area (Å²) in [5, 5.41) is 4.09. The van der Waals surface area contributed by atoms with Gasteiger partial charge >= 0.3 is 0 Å². The number of H-pyrrole nitrogens is 1. The summed E-state index contributed by atoms with van der Waals surface area (Å²) < 4.78 is 1.41. The van der Waals surface area contributed by atoms with E-state index in [1.165, 1.54) is 42.3 Å². The summed E-state index contributed by atoms with van der Waals surface area (Å²) in [6, 6.07) is 13.1. The van der Waals surface area contributed by atoms with E-state index in [9.17, 15) is 0 Å². The van der Waals surface area contributed by atoms with Crippen molar-refractivity contribution in [2.24, 2.45) is 0 Å². The number of thiophene rings is 1. The van der Waals surface area contributed by atoms with Crippen LogP contribution in [0.25, 0.3) is 31.9 Å². The normalized spacial score (nSPS) is 11.9. The summed E-state index contributed by atoms with van der Waals surface area (Å²) >= 11 is 1.89. The van der Waals surface area contributed by atoms with Gasteiger partial charge in [0.1, 0.15) is 0 Å². The second-order valence-corrected chi connectivity index (χ2v) is 6.15. The first-order chi connectivity index (χ1) is 8.74. The number of aromatic amines is 1. The maximum Gasteiger partial charge on any atom is 0.0509 e.